The number of primary amides is 1. The molecule has 0 bridgehead atoms. The first kappa shape index (κ1) is 13.9. The fourth-order valence-corrected chi connectivity index (χ4v) is 1.40. The number of nitrogens with zero attached hydrogens (tertiary/aromatic N) is 1. The van der Waals surface area contributed by atoms with E-state index in [9.17, 15) is 9.59 Å². The van der Waals surface area contributed by atoms with Gasteiger partial charge in [-0.2, -0.15) is 0 Å². The van der Waals surface area contributed by atoms with Crippen LogP contribution in [0.3, 0.4) is 0 Å². The maximum absolute atomic E-state index is 10.8. The van der Waals surface area contributed by atoms with E-state index in [0.717, 1.165) is 12.8 Å². The number of carboxylic acids is 1. The van der Waals surface area contributed by atoms with Gasteiger partial charge in [-0.15, -0.1) is 0 Å². The fraction of sp³-hybridized carbons (Fsp3) is 0.800. The minimum atomic E-state index is -0.853. The van der Waals surface area contributed by atoms with Crippen molar-refractivity contribution in [2.75, 3.05) is 13.1 Å². The Morgan fingerprint density at radius 1 is 1.47 bits per heavy atom. The fourth-order valence-electron chi connectivity index (χ4n) is 1.40. The molecule has 0 fully saturated rings. The first-order valence-corrected chi connectivity index (χ1v) is 5.21. The minimum Gasteiger partial charge on any atom is -0.481 e. The number of aliphatic carboxylic acids is 1. The van der Waals surface area contributed by atoms with E-state index < -0.39 is 11.9 Å². The van der Waals surface area contributed by atoms with Crippen LogP contribution in [0.4, 0.5) is 0 Å². The Bertz CT molecular complexity index is 219. The normalized spacial score (nSPS) is 12.7. The van der Waals surface area contributed by atoms with Crippen LogP contribution in [-0.4, -0.2) is 41.0 Å². The summed E-state index contributed by atoms with van der Waals surface area (Å²) >= 11 is 0. The molecule has 0 spiro atoms. The Hall–Kier alpha value is -1.10. The van der Waals surface area contributed by atoms with Crippen LogP contribution in [0.5, 0.6) is 0 Å². The number of carbonyl (C=O) groups is 2. The highest BCUT2D eigenvalue weighted by Crippen LogP contribution is 2.05. The topological polar surface area (TPSA) is 83.6 Å². The number of nitrogens with two attached hydrogens (primary N) is 1. The zero-order valence-electron chi connectivity index (χ0n) is 9.40. The molecule has 0 aliphatic rings. The number of hydrogen-bond donors (Lipinski definition) is 2. The van der Waals surface area contributed by atoms with Crippen molar-refractivity contribution in [2.45, 2.75) is 39.2 Å². The molecule has 0 heterocycles. The molecule has 0 radical (unpaired) electrons. The molecule has 3 N–H and O–H groups in total. The highest BCUT2D eigenvalue weighted by Gasteiger charge is 2.17. The molecule has 0 aromatic rings. The Balaban J connectivity index is 4.19. The zero-order chi connectivity index (χ0) is 11.8. The largest absolute Gasteiger partial charge is 0.481 e. The molecule has 0 saturated heterocycles. The Labute approximate surface area is 90.2 Å². The molecule has 1 amide bonds. The van der Waals surface area contributed by atoms with Crippen LogP contribution in [0.15, 0.2) is 0 Å². The highest BCUT2D eigenvalue weighted by atomic mass is 16.4. The van der Waals surface area contributed by atoms with E-state index in [1.54, 1.807) is 6.92 Å². The highest BCUT2D eigenvalue weighted by molar-refractivity contribution is 5.76. The van der Waals surface area contributed by atoms with Crippen molar-refractivity contribution < 1.29 is 14.7 Å². The van der Waals surface area contributed by atoms with Crippen molar-refractivity contribution in [1.29, 1.82) is 0 Å². The lowest BCUT2D eigenvalue weighted by Crippen LogP contribution is -2.41. The van der Waals surface area contributed by atoms with Gasteiger partial charge in [-0.25, -0.2) is 0 Å². The second kappa shape index (κ2) is 7.23. The number of carboxylic acid groups (broad SMARTS) is 1. The molecule has 5 nitrogen and oxygen atoms in total. The summed E-state index contributed by atoms with van der Waals surface area (Å²) in [5.74, 6) is -1.27. The van der Waals surface area contributed by atoms with Crippen molar-refractivity contribution in [1.82, 2.24) is 4.90 Å². The van der Waals surface area contributed by atoms with E-state index in [0.29, 0.717) is 6.54 Å². The van der Waals surface area contributed by atoms with Crippen LogP contribution < -0.4 is 5.73 Å². The third-order valence-electron chi connectivity index (χ3n) is 2.25. The summed E-state index contributed by atoms with van der Waals surface area (Å²) in [5, 5.41) is 8.65. The van der Waals surface area contributed by atoms with Gasteiger partial charge >= 0.3 is 5.97 Å². The molecular formula is C10H20N2O3. The van der Waals surface area contributed by atoms with Crippen LogP contribution in [0.1, 0.15) is 33.1 Å². The quantitative estimate of drug-likeness (QED) is 0.616. The summed E-state index contributed by atoms with van der Waals surface area (Å²) in [7, 11) is 0. The Kier molecular flexibility index (Phi) is 6.70. The summed E-state index contributed by atoms with van der Waals surface area (Å²) in [4.78, 5) is 23.1. The number of amides is 1. The monoisotopic (exact) mass is 216 g/mol. The van der Waals surface area contributed by atoms with Gasteiger partial charge in [-0.05, 0) is 19.9 Å². The van der Waals surface area contributed by atoms with E-state index in [1.165, 1.54) is 0 Å². The molecule has 0 aromatic heterocycles. The molecule has 5 heteroatoms. The smallest absolute Gasteiger partial charge is 0.304 e. The number of unbranched alkanes of at least 4 members (excludes halogenated alkanes) is 1. The predicted octanol–water partition coefficient (Wildman–Crippen LogP) is 0.437. The molecule has 0 rings (SSSR count). The molecule has 0 aliphatic carbocycles. The van der Waals surface area contributed by atoms with Crippen LogP contribution in [0.2, 0.25) is 0 Å². The van der Waals surface area contributed by atoms with Crippen molar-refractivity contribution in [3.05, 3.63) is 0 Å². The van der Waals surface area contributed by atoms with Gasteiger partial charge in [0.25, 0.3) is 0 Å². The van der Waals surface area contributed by atoms with Gasteiger partial charge in [0.2, 0.25) is 5.91 Å². The maximum atomic E-state index is 10.8. The molecule has 0 saturated carbocycles. The average molecular weight is 216 g/mol. The average Bonchev–Trinajstić information content (AvgIpc) is 2.10. The SMILES string of the molecule is CCCCN(CC(N)=O)C(C)CC(=O)O. The van der Waals surface area contributed by atoms with Crippen LogP contribution >= 0.6 is 0 Å². The lowest BCUT2D eigenvalue weighted by atomic mass is 10.2. The van der Waals surface area contributed by atoms with Crippen molar-refractivity contribution in [3.8, 4) is 0 Å². The van der Waals surface area contributed by atoms with Gasteiger partial charge in [-0.1, -0.05) is 13.3 Å². The summed E-state index contributed by atoms with van der Waals surface area (Å²) in [5.41, 5.74) is 5.11. The minimum absolute atomic E-state index is 0.0387. The van der Waals surface area contributed by atoms with Crippen LogP contribution in [0.25, 0.3) is 0 Å². The summed E-state index contributed by atoms with van der Waals surface area (Å²) in [6.45, 7) is 4.69. The van der Waals surface area contributed by atoms with E-state index in [1.807, 2.05) is 11.8 Å². The second-order valence-electron chi connectivity index (χ2n) is 3.74. The third kappa shape index (κ3) is 6.90. The zero-order valence-corrected chi connectivity index (χ0v) is 9.40. The van der Waals surface area contributed by atoms with Gasteiger partial charge in [0, 0.05) is 6.04 Å². The number of carbonyl (C=O) groups excluding carboxylic acids is 1. The van der Waals surface area contributed by atoms with Crippen molar-refractivity contribution >= 4 is 11.9 Å². The number of rotatable bonds is 8. The standard InChI is InChI=1S/C10H20N2O3/c1-3-4-5-12(7-9(11)13)8(2)6-10(14)15/h8H,3-7H2,1-2H3,(H2,11,13)(H,14,15). The summed E-state index contributed by atoms with van der Waals surface area (Å²) in [6, 6.07) is -0.151. The Morgan fingerprint density at radius 2 is 2.07 bits per heavy atom. The molecule has 1 unspecified atom stereocenters. The van der Waals surface area contributed by atoms with E-state index in [2.05, 4.69) is 0 Å². The molecular weight excluding hydrogens is 196 g/mol. The first-order valence-electron chi connectivity index (χ1n) is 5.21. The third-order valence-corrected chi connectivity index (χ3v) is 2.25. The van der Waals surface area contributed by atoms with E-state index in [-0.39, 0.29) is 19.0 Å². The molecule has 1 atom stereocenters. The molecule has 88 valence electrons. The van der Waals surface area contributed by atoms with Gasteiger partial charge in [0.1, 0.15) is 0 Å². The predicted molar refractivity (Wildman–Crippen MR) is 57.4 cm³/mol. The van der Waals surface area contributed by atoms with E-state index in [4.69, 9.17) is 10.8 Å². The van der Waals surface area contributed by atoms with Gasteiger partial charge in [0.05, 0.1) is 13.0 Å². The molecule has 0 aliphatic heterocycles. The van der Waals surface area contributed by atoms with Crippen LogP contribution in [0, 0.1) is 0 Å². The lowest BCUT2D eigenvalue weighted by Gasteiger charge is -2.26. The van der Waals surface area contributed by atoms with Crippen molar-refractivity contribution in [3.63, 3.8) is 0 Å². The lowest BCUT2D eigenvalue weighted by molar-refractivity contribution is -0.138. The Morgan fingerprint density at radius 3 is 2.47 bits per heavy atom. The number of hydrogen-bond acceptors (Lipinski definition) is 3. The van der Waals surface area contributed by atoms with Gasteiger partial charge < -0.3 is 10.8 Å². The van der Waals surface area contributed by atoms with E-state index >= 15 is 0 Å². The van der Waals surface area contributed by atoms with Crippen molar-refractivity contribution in [2.24, 2.45) is 5.73 Å². The van der Waals surface area contributed by atoms with Gasteiger partial charge in [-0.3, -0.25) is 14.5 Å². The first-order chi connectivity index (χ1) is 6.97. The second-order valence-corrected chi connectivity index (χ2v) is 3.74. The summed E-state index contributed by atoms with van der Waals surface area (Å²) < 4.78 is 0. The molecule has 0 aromatic carbocycles. The van der Waals surface area contributed by atoms with Gasteiger partial charge in [0.15, 0.2) is 0 Å². The summed E-state index contributed by atoms with van der Waals surface area (Å²) in [6.07, 6.45) is 1.99. The van der Waals surface area contributed by atoms with Crippen LogP contribution in [-0.2, 0) is 9.59 Å². The molecule has 15 heavy (non-hydrogen) atoms. The maximum Gasteiger partial charge on any atom is 0.304 e.